The molecule has 0 bridgehead atoms. The summed E-state index contributed by atoms with van der Waals surface area (Å²) in [4.78, 5) is 0. The highest BCUT2D eigenvalue weighted by Crippen LogP contribution is 2.21. The molecule has 3 heteroatoms. The number of rotatable bonds is 4. The minimum Gasteiger partial charge on any atom is -0.397 e. The maximum Gasteiger partial charge on any atom is 0.0992 e. The predicted molar refractivity (Wildman–Crippen MR) is 78.9 cm³/mol. The van der Waals surface area contributed by atoms with Gasteiger partial charge in [-0.05, 0) is 29.7 Å². The number of nitriles is 1. The molecular formula is C16H17N3. The van der Waals surface area contributed by atoms with Crippen molar-refractivity contribution in [1.82, 2.24) is 0 Å². The summed E-state index contributed by atoms with van der Waals surface area (Å²) in [5, 5.41) is 12.1. The normalized spacial score (nSPS) is 11.6. The highest BCUT2D eigenvalue weighted by Gasteiger charge is 2.06. The number of hydrogen-bond acceptors (Lipinski definition) is 3. The van der Waals surface area contributed by atoms with Gasteiger partial charge in [-0.15, -0.1) is 0 Å². The van der Waals surface area contributed by atoms with Gasteiger partial charge in [0.2, 0.25) is 0 Å². The number of hydrogen-bond donors (Lipinski definition) is 2. The zero-order valence-electron chi connectivity index (χ0n) is 10.9. The van der Waals surface area contributed by atoms with E-state index in [1.165, 1.54) is 5.56 Å². The topological polar surface area (TPSA) is 61.8 Å². The van der Waals surface area contributed by atoms with Crippen LogP contribution in [0, 0.1) is 11.3 Å². The van der Waals surface area contributed by atoms with E-state index in [0.717, 1.165) is 12.2 Å². The Labute approximate surface area is 113 Å². The highest BCUT2D eigenvalue weighted by molar-refractivity contribution is 5.68. The Bertz CT molecular complexity index is 585. The summed E-state index contributed by atoms with van der Waals surface area (Å²) in [7, 11) is 0. The number of nitrogen functional groups attached to an aromatic ring is 1. The Hall–Kier alpha value is -2.47. The summed E-state index contributed by atoms with van der Waals surface area (Å²) in [6.07, 6.45) is 0. The second kappa shape index (κ2) is 5.92. The largest absolute Gasteiger partial charge is 0.397 e. The van der Waals surface area contributed by atoms with Crippen LogP contribution in [-0.4, -0.2) is 6.54 Å². The molecule has 3 nitrogen and oxygen atoms in total. The molecule has 0 heterocycles. The summed E-state index contributed by atoms with van der Waals surface area (Å²) >= 11 is 0. The minimum atomic E-state index is 0.399. The lowest BCUT2D eigenvalue weighted by atomic mass is 10.0. The van der Waals surface area contributed by atoms with Gasteiger partial charge in [-0.1, -0.05) is 37.3 Å². The van der Waals surface area contributed by atoms with Crippen LogP contribution in [0.15, 0.2) is 48.5 Å². The molecule has 0 aliphatic rings. The van der Waals surface area contributed by atoms with Gasteiger partial charge in [0.15, 0.2) is 0 Å². The molecule has 2 aromatic carbocycles. The number of benzene rings is 2. The first-order valence-electron chi connectivity index (χ1n) is 6.29. The zero-order chi connectivity index (χ0) is 13.7. The van der Waals surface area contributed by atoms with Gasteiger partial charge < -0.3 is 11.1 Å². The molecule has 1 atom stereocenters. The van der Waals surface area contributed by atoms with E-state index in [0.29, 0.717) is 17.2 Å². The van der Waals surface area contributed by atoms with Gasteiger partial charge in [-0.2, -0.15) is 5.26 Å². The first-order chi connectivity index (χ1) is 9.20. The quantitative estimate of drug-likeness (QED) is 0.819. The lowest BCUT2D eigenvalue weighted by Gasteiger charge is -2.15. The van der Waals surface area contributed by atoms with Crippen LogP contribution in [0.1, 0.15) is 24.0 Å². The van der Waals surface area contributed by atoms with Gasteiger partial charge in [-0.3, -0.25) is 0 Å². The first kappa shape index (κ1) is 13.0. The Morgan fingerprint density at radius 3 is 2.58 bits per heavy atom. The molecule has 0 amide bonds. The molecule has 0 radical (unpaired) electrons. The molecule has 1 unspecified atom stereocenters. The fourth-order valence-electron chi connectivity index (χ4n) is 1.96. The smallest absolute Gasteiger partial charge is 0.0992 e. The molecule has 0 aliphatic carbocycles. The molecule has 19 heavy (non-hydrogen) atoms. The van der Waals surface area contributed by atoms with Crippen LogP contribution >= 0.6 is 0 Å². The summed E-state index contributed by atoms with van der Waals surface area (Å²) in [6, 6.07) is 17.7. The van der Waals surface area contributed by atoms with Crippen molar-refractivity contribution in [2.75, 3.05) is 17.6 Å². The molecule has 0 saturated carbocycles. The molecule has 3 N–H and O–H groups in total. The van der Waals surface area contributed by atoms with Crippen molar-refractivity contribution in [3.05, 3.63) is 59.7 Å². The number of nitrogens with two attached hydrogens (primary N) is 1. The van der Waals surface area contributed by atoms with Crippen molar-refractivity contribution in [2.24, 2.45) is 0 Å². The number of nitrogens with one attached hydrogen (secondary N) is 1. The van der Waals surface area contributed by atoms with E-state index in [1.54, 1.807) is 12.1 Å². The van der Waals surface area contributed by atoms with Crippen molar-refractivity contribution < 1.29 is 0 Å². The molecule has 0 spiro atoms. The van der Waals surface area contributed by atoms with Crippen LogP contribution in [0.4, 0.5) is 11.4 Å². The van der Waals surface area contributed by atoms with Gasteiger partial charge in [0.05, 0.1) is 23.0 Å². The lowest BCUT2D eigenvalue weighted by molar-refractivity contribution is 0.805. The summed E-state index contributed by atoms with van der Waals surface area (Å²) in [5.41, 5.74) is 9.27. The van der Waals surface area contributed by atoms with E-state index in [-0.39, 0.29) is 0 Å². The molecular weight excluding hydrogens is 234 g/mol. The third-order valence-electron chi connectivity index (χ3n) is 3.15. The van der Waals surface area contributed by atoms with Crippen LogP contribution < -0.4 is 11.1 Å². The Morgan fingerprint density at radius 2 is 1.95 bits per heavy atom. The standard InChI is InChI=1S/C16H17N3/c1-12(14-5-3-2-4-6-14)11-19-16-8-7-13(10-17)9-15(16)18/h2-9,12,19H,11,18H2,1H3. The lowest BCUT2D eigenvalue weighted by Crippen LogP contribution is -2.11. The van der Waals surface area contributed by atoms with Gasteiger partial charge in [0.1, 0.15) is 0 Å². The maximum absolute atomic E-state index is 8.79. The molecule has 0 saturated heterocycles. The zero-order valence-corrected chi connectivity index (χ0v) is 10.9. The average molecular weight is 251 g/mol. The van der Waals surface area contributed by atoms with Crippen molar-refractivity contribution >= 4 is 11.4 Å². The summed E-state index contributed by atoms with van der Waals surface area (Å²) in [6.45, 7) is 2.97. The monoisotopic (exact) mass is 251 g/mol. The highest BCUT2D eigenvalue weighted by atomic mass is 14.9. The van der Waals surface area contributed by atoms with Crippen LogP contribution in [0.2, 0.25) is 0 Å². The van der Waals surface area contributed by atoms with Crippen molar-refractivity contribution in [3.63, 3.8) is 0 Å². The van der Waals surface area contributed by atoms with Crippen molar-refractivity contribution in [2.45, 2.75) is 12.8 Å². The predicted octanol–water partition coefficient (Wildman–Crippen LogP) is 3.36. The molecule has 0 aliphatic heterocycles. The summed E-state index contributed by atoms with van der Waals surface area (Å²) in [5.74, 6) is 0.399. The number of anilines is 2. The second-order valence-corrected chi connectivity index (χ2v) is 4.61. The van der Waals surface area contributed by atoms with E-state index >= 15 is 0 Å². The van der Waals surface area contributed by atoms with Gasteiger partial charge >= 0.3 is 0 Å². The second-order valence-electron chi connectivity index (χ2n) is 4.61. The fraction of sp³-hybridized carbons (Fsp3) is 0.188. The Balaban J connectivity index is 2.01. The SMILES string of the molecule is CC(CNc1ccc(C#N)cc1N)c1ccccc1. The summed E-state index contributed by atoms with van der Waals surface area (Å²) < 4.78 is 0. The molecule has 96 valence electrons. The number of nitrogens with zero attached hydrogens (tertiary/aromatic N) is 1. The fourth-order valence-corrected chi connectivity index (χ4v) is 1.96. The van der Waals surface area contributed by atoms with Gasteiger partial charge in [0.25, 0.3) is 0 Å². The minimum absolute atomic E-state index is 0.399. The van der Waals surface area contributed by atoms with Gasteiger partial charge in [0, 0.05) is 6.54 Å². The maximum atomic E-state index is 8.79. The van der Waals surface area contributed by atoms with Crippen LogP contribution in [0.5, 0.6) is 0 Å². The van der Waals surface area contributed by atoms with Crippen LogP contribution in [0.25, 0.3) is 0 Å². The van der Waals surface area contributed by atoms with Crippen LogP contribution in [0.3, 0.4) is 0 Å². The van der Waals surface area contributed by atoms with Gasteiger partial charge in [-0.25, -0.2) is 0 Å². The Morgan fingerprint density at radius 1 is 1.21 bits per heavy atom. The van der Waals surface area contributed by atoms with Crippen molar-refractivity contribution in [3.8, 4) is 6.07 Å². The average Bonchev–Trinajstić information content (AvgIpc) is 2.46. The Kier molecular flexibility index (Phi) is 4.04. The first-order valence-corrected chi connectivity index (χ1v) is 6.29. The third kappa shape index (κ3) is 3.26. The van der Waals surface area contributed by atoms with E-state index < -0.39 is 0 Å². The van der Waals surface area contributed by atoms with E-state index in [1.807, 2.05) is 24.3 Å². The van der Waals surface area contributed by atoms with Crippen molar-refractivity contribution in [1.29, 1.82) is 5.26 Å². The van der Waals surface area contributed by atoms with E-state index in [9.17, 15) is 0 Å². The van der Waals surface area contributed by atoms with Crippen LogP contribution in [-0.2, 0) is 0 Å². The van der Waals surface area contributed by atoms with E-state index in [2.05, 4.69) is 30.4 Å². The molecule has 2 aromatic rings. The third-order valence-corrected chi connectivity index (χ3v) is 3.15. The molecule has 0 fully saturated rings. The molecule has 2 rings (SSSR count). The molecule has 0 aromatic heterocycles. The van der Waals surface area contributed by atoms with E-state index in [4.69, 9.17) is 11.0 Å².